The summed E-state index contributed by atoms with van der Waals surface area (Å²) in [5.41, 5.74) is 1.48. The van der Waals surface area contributed by atoms with E-state index in [9.17, 15) is 8.42 Å². The predicted octanol–water partition coefficient (Wildman–Crippen LogP) is 1.93. The van der Waals surface area contributed by atoms with Crippen LogP contribution in [0.3, 0.4) is 0 Å². The lowest BCUT2D eigenvalue weighted by Gasteiger charge is -2.20. The first kappa shape index (κ1) is 19.7. The van der Waals surface area contributed by atoms with Gasteiger partial charge in [0.25, 0.3) is 0 Å². The zero-order chi connectivity index (χ0) is 19.4. The van der Waals surface area contributed by atoms with E-state index in [2.05, 4.69) is 15.3 Å². The molecule has 0 spiro atoms. The maximum atomic E-state index is 12.7. The number of nitrogens with one attached hydrogen (secondary N) is 1. The highest BCUT2D eigenvalue weighted by atomic mass is 32.2. The standard InChI is InChI=1S/C19H27N5O2S/c1-23(2)18-12-16(21-19(22-18)17-10-7-11-20-17)13-24(3)27(25,26)14-15-8-5-4-6-9-15/h4-6,8-9,12,17,20H,7,10-11,13-14H2,1-3H3. The minimum absolute atomic E-state index is 0.0208. The second kappa shape index (κ2) is 8.33. The van der Waals surface area contributed by atoms with E-state index >= 15 is 0 Å². The molecule has 1 aromatic carbocycles. The summed E-state index contributed by atoms with van der Waals surface area (Å²) in [6.45, 7) is 1.18. The number of sulfonamides is 1. The molecule has 0 aliphatic carbocycles. The lowest BCUT2D eigenvalue weighted by molar-refractivity contribution is 0.458. The molecule has 2 heterocycles. The van der Waals surface area contributed by atoms with E-state index in [4.69, 9.17) is 0 Å². The van der Waals surface area contributed by atoms with Gasteiger partial charge in [-0.2, -0.15) is 4.31 Å². The van der Waals surface area contributed by atoms with E-state index < -0.39 is 10.0 Å². The van der Waals surface area contributed by atoms with Crippen LogP contribution >= 0.6 is 0 Å². The molecule has 0 saturated carbocycles. The smallest absolute Gasteiger partial charge is 0.218 e. The fourth-order valence-corrected chi connectivity index (χ4v) is 4.26. The number of hydrogen-bond acceptors (Lipinski definition) is 6. The average Bonchev–Trinajstić information content (AvgIpc) is 3.16. The van der Waals surface area contributed by atoms with E-state index in [1.807, 2.05) is 55.4 Å². The molecule has 1 aliphatic rings. The molecule has 1 unspecified atom stereocenters. The van der Waals surface area contributed by atoms with Crippen molar-refractivity contribution >= 4 is 15.8 Å². The third-order valence-electron chi connectivity index (χ3n) is 4.66. The highest BCUT2D eigenvalue weighted by molar-refractivity contribution is 7.88. The minimum atomic E-state index is -3.43. The first-order chi connectivity index (χ1) is 12.8. The number of hydrogen-bond donors (Lipinski definition) is 1. The molecule has 146 valence electrons. The molecule has 1 aromatic heterocycles. The molecule has 1 saturated heterocycles. The second-order valence-electron chi connectivity index (χ2n) is 7.12. The van der Waals surface area contributed by atoms with Crippen molar-refractivity contribution in [2.45, 2.75) is 31.2 Å². The van der Waals surface area contributed by atoms with E-state index in [0.29, 0.717) is 5.69 Å². The van der Waals surface area contributed by atoms with Gasteiger partial charge in [0, 0.05) is 27.2 Å². The molecular weight excluding hydrogens is 362 g/mol. The summed E-state index contributed by atoms with van der Waals surface area (Å²) in [5.74, 6) is 1.51. The lowest BCUT2D eigenvalue weighted by Crippen LogP contribution is -2.29. The largest absolute Gasteiger partial charge is 0.363 e. The van der Waals surface area contributed by atoms with Gasteiger partial charge in [-0.1, -0.05) is 30.3 Å². The van der Waals surface area contributed by atoms with Gasteiger partial charge in [-0.25, -0.2) is 18.4 Å². The Balaban J connectivity index is 1.80. The number of nitrogens with zero attached hydrogens (tertiary/aromatic N) is 4. The Morgan fingerprint density at radius 3 is 2.52 bits per heavy atom. The van der Waals surface area contributed by atoms with Crippen molar-refractivity contribution in [1.29, 1.82) is 0 Å². The molecule has 1 fully saturated rings. The van der Waals surface area contributed by atoms with Crippen molar-refractivity contribution in [3.8, 4) is 0 Å². The van der Waals surface area contributed by atoms with Crippen LogP contribution in [0, 0.1) is 0 Å². The summed E-state index contributed by atoms with van der Waals surface area (Å²) < 4.78 is 26.8. The molecule has 1 atom stereocenters. The third kappa shape index (κ3) is 5.03. The Bertz CT molecular complexity index is 865. The van der Waals surface area contributed by atoms with Gasteiger partial charge < -0.3 is 10.2 Å². The van der Waals surface area contributed by atoms with Crippen LogP contribution < -0.4 is 10.2 Å². The fraction of sp³-hybridized carbons (Fsp3) is 0.474. The summed E-state index contributed by atoms with van der Waals surface area (Å²) in [5, 5.41) is 3.41. The van der Waals surface area contributed by atoms with Crippen molar-refractivity contribution in [3.05, 3.63) is 53.5 Å². The molecule has 27 heavy (non-hydrogen) atoms. The third-order valence-corrected chi connectivity index (χ3v) is 6.44. The molecule has 0 bridgehead atoms. The predicted molar refractivity (Wildman–Crippen MR) is 107 cm³/mol. The summed E-state index contributed by atoms with van der Waals surface area (Å²) >= 11 is 0. The normalized spacial score (nSPS) is 17.4. The summed E-state index contributed by atoms with van der Waals surface area (Å²) in [4.78, 5) is 11.2. The number of benzene rings is 1. The molecule has 8 heteroatoms. The van der Waals surface area contributed by atoms with Crippen LogP contribution in [0.25, 0.3) is 0 Å². The van der Waals surface area contributed by atoms with Crippen LogP contribution in [0.5, 0.6) is 0 Å². The number of rotatable bonds is 7. The van der Waals surface area contributed by atoms with Gasteiger partial charge in [0.1, 0.15) is 11.6 Å². The zero-order valence-electron chi connectivity index (χ0n) is 16.1. The number of aromatic nitrogens is 2. The Kier molecular flexibility index (Phi) is 6.08. The zero-order valence-corrected chi connectivity index (χ0v) is 16.9. The van der Waals surface area contributed by atoms with Crippen molar-refractivity contribution in [2.75, 3.05) is 32.6 Å². The van der Waals surface area contributed by atoms with Crippen molar-refractivity contribution in [1.82, 2.24) is 19.6 Å². The first-order valence-corrected chi connectivity index (χ1v) is 10.7. The Morgan fingerprint density at radius 2 is 1.89 bits per heavy atom. The number of anilines is 1. The average molecular weight is 390 g/mol. The Labute approximate surface area is 161 Å². The van der Waals surface area contributed by atoms with E-state index in [0.717, 1.165) is 36.6 Å². The monoisotopic (exact) mass is 389 g/mol. The van der Waals surface area contributed by atoms with Crippen molar-refractivity contribution < 1.29 is 8.42 Å². The molecule has 7 nitrogen and oxygen atoms in total. The van der Waals surface area contributed by atoms with Crippen LogP contribution in [0.15, 0.2) is 36.4 Å². The highest BCUT2D eigenvalue weighted by Gasteiger charge is 2.23. The second-order valence-corrected chi connectivity index (χ2v) is 9.19. The minimum Gasteiger partial charge on any atom is -0.363 e. The van der Waals surface area contributed by atoms with Gasteiger partial charge in [-0.15, -0.1) is 0 Å². The Hall–Kier alpha value is -2.03. The molecule has 0 amide bonds. The fourth-order valence-electron chi connectivity index (χ4n) is 3.10. The molecule has 0 radical (unpaired) electrons. The topological polar surface area (TPSA) is 78.4 Å². The summed E-state index contributed by atoms with van der Waals surface area (Å²) in [7, 11) is 2.02. The molecule has 1 N–H and O–H groups in total. The molecular formula is C19H27N5O2S. The van der Waals surface area contributed by atoms with Gasteiger partial charge in [0.05, 0.1) is 24.0 Å². The van der Waals surface area contributed by atoms with Crippen LogP contribution in [0.4, 0.5) is 5.82 Å². The van der Waals surface area contributed by atoms with E-state index in [1.165, 1.54) is 4.31 Å². The maximum Gasteiger partial charge on any atom is 0.218 e. The SMILES string of the molecule is CN(C)c1cc(CN(C)S(=O)(=O)Cc2ccccc2)nc(C2CCCN2)n1. The molecule has 1 aliphatic heterocycles. The van der Waals surface area contributed by atoms with Gasteiger partial charge in [-0.05, 0) is 24.9 Å². The van der Waals surface area contributed by atoms with Gasteiger partial charge in [0.15, 0.2) is 0 Å². The van der Waals surface area contributed by atoms with Crippen LogP contribution in [0.2, 0.25) is 0 Å². The highest BCUT2D eigenvalue weighted by Crippen LogP contribution is 2.23. The lowest BCUT2D eigenvalue weighted by atomic mass is 10.2. The van der Waals surface area contributed by atoms with E-state index in [-0.39, 0.29) is 18.3 Å². The summed E-state index contributed by atoms with van der Waals surface area (Å²) in [6, 6.07) is 11.2. The Morgan fingerprint density at radius 1 is 1.15 bits per heavy atom. The summed E-state index contributed by atoms with van der Waals surface area (Å²) in [6.07, 6.45) is 2.10. The first-order valence-electron chi connectivity index (χ1n) is 9.11. The van der Waals surface area contributed by atoms with Gasteiger partial charge in [0.2, 0.25) is 10.0 Å². The van der Waals surface area contributed by atoms with Gasteiger partial charge in [-0.3, -0.25) is 0 Å². The van der Waals surface area contributed by atoms with Crippen LogP contribution in [0.1, 0.15) is 36.0 Å². The van der Waals surface area contributed by atoms with Crippen molar-refractivity contribution in [3.63, 3.8) is 0 Å². The van der Waals surface area contributed by atoms with Gasteiger partial charge >= 0.3 is 0 Å². The molecule has 3 rings (SSSR count). The maximum absolute atomic E-state index is 12.7. The quantitative estimate of drug-likeness (QED) is 0.780. The molecule has 2 aromatic rings. The van der Waals surface area contributed by atoms with E-state index in [1.54, 1.807) is 7.05 Å². The van der Waals surface area contributed by atoms with Crippen LogP contribution in [-0.2, 0) is 22.3 Å². The van der Waals surface area contributed by atoms with Crippen molar-refractivity contribution in [2.24, 2.45) is 0 Å². The van der Waals surface area contributed by atoms with Crippen LogP contribution in [-0.4, -0.2) is 50.4 Å².